The molecule has 0 aliphatic heterocycles. The Morgan fingerprint density at radius 1 is 1.25 bits per heavy atom. The Bertz CT molecular complexity index is 810. The summed E-state index contributed by atoms with van der Waals surface area (Å²) in [7, 11) is 0. The lowest BCUT2D eigenvalue weighted by Crippen LogP contribution is -2.16. The maximum atomic E-state index is 12.1. The second kappa shape index (κ2) is 4.30. The van der Waals surface area contributed by atoms with Crippen molar-refractivity contribution in [3.05, 3.63) is 52.6 Å². The van der Waals surface area contributed by atoms with Gasteiger partial charge in [0.15, 0.2) is 0 Å². The number of hydrogen-bond acceptors (Lipinski definition) is 3. The molecular weight excluding hydrogens is 252 g/mol. The van der Waals surface area contributed by atoms with Crippen LogP contribution >= 0.6 is 0 Å². The number of aromatic amines is 1. The van der Waals surface area contributed by atoms with Crippen molar-refractivity contribution in [2.24, 2.45) is 0 Å². The van der Waals surface area contributed by atoms with Crippen LogP contribution in [0.2, 0.25) is 0 Å². The van der Waals surface area contributed by atoms with Gasteiger partial charge in [0.1, 0.15) is 0 Å². The fourth-order valence-corrected chi connectivity index (χ4v) is 2.10. The van der Waals surface area contributed by atoms with E-state index in [1.165, 1.54) is 0 Å². The van der Waals surface area contributed by atoms with Gasteiger partial charge >= 0.3 is 0 Å². The van der Waals surface area contributed by atoms with E-state index in [9.17, 15) is 4.79 Å². The zero-order chi connectivity index (χ0) is 14.3. The molecule has 102 valence electrons. The van der Waals surface area contributed by atoms with Crippen LogP contribution in [0.4, 0.5) is 0 Å². The quantitative estimate of drug-likeness (QED) is 0.737. The van der Waals surface area contributed by atoms with Crippen molar-refractivity contribution in [3.8, 4) is 5.95 Å². The molecule has 0 fully saturated rings. The second-order valence-electron chi connectivity index (χ2n) is 5.82. The number of benzene rings is 1. The number of hydrogen-bond donors (Lipinski definition) is 1. The van der Waals surface area contributed by atoms with E-state index in [1.807, 2.05) is 18.2 Å². The molecule has 0 aliphatic rings. The summed E-state index contributed by atoms with van der Waals surface area (Å²) in [5.74, 6) is 0.429. The van der Waals surface area contributed by atoms with Crippen molar-refractivity contribution in [3.63, 3.8) is 0 Å². The predicted octanol–water partition coefficient (Wildman–Crippen LogP) is 2.41. The molecule has 3 rings (SSSR count). The maximum Gasteiger partial charge on any atom is 0.260 e. The first-order valence-corrected chi connectivity index (χ1v) is 6.50. The molecule has 0 bridgehead atoms. The Kier molecular flexibility index (Phi) is 2.71. The van der Waals surface area contributed by atoms with Crippen molar-refractivity contribution in [1.29, 1.82) is 0 Å². The monoisotopic (exact) mass is 268 g/mol. The zero-order valence-electron chi connectivity index (χ0n) is 11.7. The number of rotatable bonds is 1. The van der Waals surface area contributed by atoms with Gasteiger partial charge in [0.25, 0.3) is 5.56 Å². The van der Waals surface area contributed by atoms with Crippen LogP contribution in [0.25, 0.3) is 16.9 Å². The molecule has 5 nitrogen and oxygen atoms in total. The summed E-state index contributed by atoms with van der Waals surface area (Å²) in [4.78, 5) is 19.4. The Labute approximate surface area is 116 Å². The number of H-pyrrole nitrogens is 1. The first kappa shape index (κ1) is 12.6. The van der Waals surface area contributed by atoms with E-state index in [-0.39, 0.29) is 11.0 Å². The van der Waals surface area contributed by atoms with Gasteiger partial charge in [-0.1, -0.05) is 26.8 Å². The number of nitrogens with zero attached hydrogens (tertiary/aromatic N) is 3. The van der Waals surface area contributed by atoms with Gasteiger partial charge in [0, 0.05) is 12.4 Å². The van der Waals surface area contributed by atoms with E-state index in [0.717, 1.165) is 5.56 Å². The molecule has 0 saturated carbocycles. The molecule has 0 atom stereocenters. The van der Waals surface area contributed by atoms with Gasteiger partial charge in [-0.25, -0.2) is 9.67 Å². The topological polar surface area (TPSA) is 63.6 Å². The van der Waals surface area contributed by atoms with Gasteiger partial charge in [-0.05, 0) is 29.2 Å². The van der Waals surface area contributed by atoms with Crippen LogP contribution in [0, 0.1) is 0 Å². The van der Waals surface area contributed by atoms with Gasteiger partial charge in [-0.15, -0.1) is 0 Å². The summed E-state index contributed by atoms with van der Waals surface area (Å²) in [5.41, 5.74) is 1.70. The highest BCUT2D eigenvalue weighted by Crippen LogP contribution is 2.24. The van der Waals surface area contributed by atoms with E-state index in [4.69, 9.17) is 0 Å². The fourth-order valence-electron chi connectivity index (χ4n) is 2.10. The minimum atomic E-state index is -0.152. The highest BCUT2D eigenvalue weighted by atomic mass is 16.1. The highest BCUT2D eigenvalue weighted by molar-refractivity contribution is 5.79. The zero-order valence-corrected chi connectivity index (χ0v) is 11.7. The summed E-state index contributed by atoms with van der Waals surface area (Å²) in [6, 6.07) is 7.56. The smallest absolute Gasteiger partial charge is 0.260 e. The third kappa shape index (κ3) is 2.11. The Hall–Kier alpha value is -2.43. The van der Waals surface area contributed by atoms with Crippen LogP contribution < -0.4 is 5.56 Å². The molecular formula is C15H16N4O. The third-order valence-corrected chi connectivity index (χ3v) is 3.28. The van der Waals surface area contributed by atoms with E-state index in [0.29, 0.717) is 16.9 Å². The van der Waals surface area contributed by atoms with Gasteiger partial charge in [0.2, 0.25) is 5.95 Å². The molecule has 3 aromatic rings. The van der Waals surface area contributed by atoms with E-state index >= 15 is 0 Å². The molecule has 0 spiro atoms. The SMILES string of the molecule is CC(C)(C)c1ccc2c(=O)[nH]c(-n3cccn3)nc2c1. The number of aromatic nitrogens is 4. The van der Waals surface area contributed by atoms with Crippen LogP contribution in [0.5, 0.6) is 0 Å². The molecule has 5 heteroatoms. The van der Waals surface area contributed by atoms with E-state index in [1.54, 1.807) is 23.1 Å². The molecule has 2 aromatic heterocycles. The molecule has 0 saturated heterocycles. The number of nitrogens with one attached hydrogen (secondary N) is 1. The van der Waals surface area contributed by atoms with E-state index in [2.05, 4.69) is 35.8 Å². The van der Waals surface area contributed by atoms with Crippen molar-refractivity contribution in [2.75, 3.05) is 0 Å². The lowest BCUT2D eigenvalue weighted by Gasteiger charge is -2.19. The summed E-state index contributed by atoms with van der Waals surface area (Å²) < 4.78 is 1.55. The Morgan fingerprint density at radius 3 is 2.70 bits per heavy atom. The molecule has 2 heterocycles. The van der Waals surface area contributed by atoms with Crippen LogP contribution in [0.3, 0.4) is 0 Å². The molecule has 0 radical (unpaired) electrons. The van der Waals surface area contributed by atoms with E-state index < -0.39 is 0 Å². The van der Waals surface area contributed by atoms with Crippen molar-refractivity contribution in [1.82, 2.24) is 19.7 Å². The molecule has 1 N–H and O–H groups in total. The van der Waals surface area contributed by atoms with Crippen molar-refractivity contribution >= 4 is 10.9 Å². The predicted molar refractivity (Wildman–Crippen MR) is 78.2 cm³/mol. The second-order valence-corrected chi connectivity index (χ2v) is 5.82. The first-order chi connectivity index (χ1) is 9.45. The standard InChI is InChI=1S/C15H16N4O/c1-15(2,3)10-5-6-11-12(9-10)17-14(18-13(11)20)19-8-4-7-16-19/h4-9H,1-3H3,(H,17,18,20). The van der Waals surface area contributed by atoms with Gasteiger partial charge in [-0.3, -0.25) is 9.78 Å². The highest BCUT2D eigenvalue weighted by Gasteiger charge is 2.15. The maximum absolute atomic E-state index is 12.1. The van der Waals surface area contributed by atoms with Crippen LogP contribution in [0.1, 0.15) is 26.3 Å². The molecule has 0 amide bonds. The molecule has 0 unspecified atom stereocenters. The van der Waals surface area contributed by atoms with Gasteiger partial charge in [0.05, 0.1) is 10.9 Å². The molecule has 1 aromatic carbocycles. The largest absolute Gasteiger partial charge is 0.290 e. The minimum Gasteiger partial charge on any atom is -0.290 e. The Balaban J connectivity index is 2.26. The molecule has 0 aliphatic carbocycles. The van der Waals surface area contributed by atoms with Crippen molar-refractivity contribution < 1.29 is 0 Å². The third-order valence-electron chi connectivity index (χ3n) is 3.28. The molecule has 20 heavy (non-hydrogen) atoms. The van der Waals surface area contributed by atoms with Gasteiger partial charge in [-0.2, -0.15) is 5.10 Å². The summed E-state index contributed by atoms with van der Waals surface area (Å²) in [5, 5.41) is 4.68. The normalized spacial score (nSPS) is 11.9. The average molecular weight is 268 g/mol. The first-order valence-electron chi connectivity index (χ1n) is 6.50. The summed E-state index contributed by atoms with van der Waals surface area (Å²) in [6.45, 7) is 6.40. The lowest BCUT2D eigenvalue weighted by atomic mass is 9.87. The number of fused-ring (bicyclic) bond motifs is 1. The average Bonchev–Trinajstić information content (AvgIpc) is 2.90. The lowest BCUT2D eigenvalue weighted by molar-refractivity contribution is 0.591. The summed E-state index contributed by atoms with van der Waals surface area (Å²) in [6.07, 6.45) is 3.40. The van der Waals surface area contributed by atoms with Crippen LogP contribution in [0.15, 0.2) is 41.5 Å². The Morgan fingerprint density at radius 2 is 2.05 bits per heavy atom. The van der Waals surface area contributed by atoms with Crippen LogP contribution in [-0.4, -0.2) is 19.7 Å². The van der Waals surface area contributed by atoms with Crippen molar-refractivity contribution in [2.45, 2.75) is 26.2 Å². The van der Waals surface area contributed by atoms with Crippen LogP contribution in [-0.2, 0) is 5.41 Å². The summed E-state index contributed by atoms with van der Waals surface area (Å²) >= 11 is 0. The minimum absolute atomic E-state index is 0.0182. The fraction of sp³-hybridized carbons (Fsp3) is 0.267. The van der Waals surface area contributed by atoms with Gasteiger partial charge < -0.3 is 0 Å².